The second-order valence-corrected chi connectivity index (χ2v) is 9.11. The number of aliphatic carboxylic acids is 1. The van der Waals surface area contributed by atoms with Gasteiger partial charge in [0.1, 0.15) is 18.1 Å². The van der Waals surface area contributed by atoms with E-state index < -0.39 is 66.1 Å². The van der Waals surface area contributed by atoms with E-state index in [0.29, 0.717) is 12.0 Å². The third-order valence-electron chi connectivity index (χ3n) is 5.49. The number of carboxylic acids is 1. The normalized spacial score (nSPS) is 13.9. The minimum absolute atomic E-state index is 0.0299. The molecule has 38 heavy (non-hydrogen) atoms. The number of hydrogen-bond donors (Lipinski definition) is 8. The summed E-state index contributed by atoms with van der Waals surface area (Å²) in [6.45, 7) is 3.54. The first-order chi connectivity index (χ1) is 17.8. The van der Waals surface area contributed by atoms with Gasteiger partial charge in [-0.3, -0.25) is 24.2 Å². The van der Waals surface area contributed by atoms with E-state index in [0.717, 1.165) is 0 Å². The molecule has 0 fully saturated rings. The highest BCUT2D eigenvalue weighted by atomic mass is 16.4. The quantitative estimate of drug-likeness (QED) is 0.0642. The van der Waals surface area contributed by atoms with Gasteiger partial charge in [0.2, 0.25) is 23.6 Å². The summed E-state index contributed by atoms with van der Waals surface area (Å²) in [6, 6.07) is 3.89. The first-order valence-corrected chi connectivity index (χ1v) is 12.1. The number of nitrogens with two attached hydrogens (primary N) is 4. The largest absolute Gasteiger partial charge is 0.480 e. The molecule has 1 aromatic carbocycles. The van der Waals surface area contributed by atoms with Gasteiger partial charge in [0.05, 0.1) is 12.5 Å². The Bertz CT molecular complexity index is 997. The molecule has 0 saturated heterocycles. The highest BCUT2D eigenvalue weighted by Crippen LogP contribution is 2.08. The Balaban J connectivity index is 2.90. The Morgan fingerprint density at radius 2 is 1.50 bits per heavy atom. The molecule has 4 atom stereocenters. The third kappa shape index (κ3) is 11.7. The van der Waals surface area contributed by atoms with Crippen molar-refractivity contribution >= 4 is 35.6 Å². The number of benzene rings is 1. The fraction of sp³-hybridized carbons (Fsp3) is 0.500. The monoisotopic (exact) mass is 534 g/mol. The van der Waals surface area contributed by atoms with E-state index in [1.54, 1.807) is 44.2 Å². The summed E-state index contributed by atoms with van der Waals surface area (Å²) < 4.78 is 0. The highest BCUT2D eigenvalue weighted by Gasteiger charge is 2.32. The van der Waals surface area contributed by atoms with Crippen LogP contribution < -0.4 is 38.9 Å². The molecule has 1 rings (SSSR count). The van der Waals surface area contributed by atoms with E-state index in [-0.39, 0.29) is 25.3 Å². The molecule has 0 aliphatic carbocycles. The van der Waals surface area contributed by atoms with Crippen molar-refractivity contribution in [2.24, 2.45) is 33.8 Å². The van der Waals surface area contributed by atoms with Crippen LogP contribution in [0.4, 0.5) is 0 Å². The number of carbonyl (C=O) groups excluding carboxylic acids is 4. The maximum atomic E-state index is 13.0. The Morgan fingerprint density at radius 1 is 0.895 bits per heavy atom. The molecule has 4 amide bonds. The van der Waals surface area contributed by atoms with Gasteiger partial charge >= 0.3 is 5.97 Å². The van der Waals surface area contributed by atoms with Crippen molar-refractivity contribution in [1.82, 2.24) is 16.0 Å². The number of aliphatic imine (C=N–C) groups is 1. The molecule has 0 aliphatic rings. The van der Waals surface area contributed by atoms with Gasteiger partial charge in [0.25, 0.3) is 0 Å². The van der Waals surface area contributed by atoms with Gasteiger partial charge in [-0.15, -0.1) is 0 Å². The number of nitrogens with zero attached hydrogens (tertiary/aromatic N) is 1. The van der Waals surface area contributed by atoms with Crippen LogP contribution in [0.15, 0.2) is 35.3 Å². The summed E-state index contributed by atoms with van der Waals surface area (Å²) >= 11 is 0. The fourth-order valence-electron chi connectivity index (χ4n) is 3.44. The van der Waals surface area contributed by atoms with Crippen LogP contribution in [0.3, 0.4) is 0 Å². The standard InChI is InChI=1S/C24H38N8O6/c1-13(2)19(22(36)31-17(23(37)38)11-14-7-4-3-5-8-14)32-21(35)16(12-18(26)33)30-20(34)15(25)9-6-10-29-24(27)28/h3-5,7-8,13,15-17,19H,6,9-12,25H2,1-2H3,(H2,26,33)(H,30,34)(H,31,36)(H,32,35)(H,37,38)(H4,27,28,29). The number of hydrogen-bond acceptors (Lipinski definition) is 7. The van der Waals surface area contributed by atoms with Gasteiger partial charge in [0, 0.05) is 13.0 Å². The topological polar surface area (TPSA) is 258 Å². The van der Waals surface area contributed by atoms with Gasteiger partial charge in [-0.25, -0.2) is 4.79 Å². The van der Waals surface area contributed by atoms with Crippen LogP contribution in [-0.4, -0.2) is 71.4 Å². The maximum Gasteiger partial charge on any atom is 0.326 e. The van der Waals surface area contributed by atoms with Gasteiger partial charge in [0.15, 0.2) is 5.96 Å². The van der Waals surface area contributed by atoms with Gasteiger partial charge in [-0.2, -0.15) is 0 Å². The number of rotatable bonds is 16. The average molecular weight is 535 g/mol. The van der Waals surface area contributed by atoms with Crippen LogP contribution >= 0.6 is 0 Å². The smallest absolute Gasteiger partial charge is 0.326 e. The molecule has 0 spiro atoms. The third-order valence-corrected chi connectivity index (χ3v) is 5.49. The van der Waals surface area contributed by atoms with E-state index >= 15 is 0 Å². The molecular formula is C24H38N8O6. The highest BCUT2D eigenvalue weighted by molar-refractivity contribution is 5.96. The lowest BCUT2D eigenvalue weighted by atomic mass is 10.0. The Labute approximate surface area is 221 Å². The van der Waals surface area contributed by atoms with Crippen LogP contribution in [0, 0.1) is 5.92 Å². The molecule has 210 valence electrons. The lowest BCUT2D eigenvalue weighted by molar-refractivity contribution is -0.142. The maximum absolute atomic E-state index is 13.0. The van der Waals surface area contributed by atoms with Crippen molar-refractivity contribution in [3.8, 4) is 0 Å². The van der Waals surface area contributed by atoms with Crippen molar-refractivity contribution in [2.45, 2.75) is 63.7 Å². The number of carbonyl (C=O) groups is 5. The molecule has 0 heterocycles. The summed E-state index contributed by atoms with van der Waals surface area (Å²) in [5.41, 5.74) is 22.3. The van der Waals surface area contributed by atoms with E-state index in [4.69, 9.17) is 22.9 Å². The SMILES string of the molecule is CC(C)C(NC(=O)C(CC(N)=O)NC(=O)C(N)CCCN=C(N)N)C(=O)NC(Cc1ccccc1)C(=O)O. The summed E-state index contributed by atoms with van der Waals surface area (Å²) in [6.07, 6.45) is 0.0730. The van der Waals surface area contributed by atoms with Crippen molar-refractivity contribution in [1.29, 1.82) is 0 Å². The average Bonchev–Trinajstić information content (AvgIpc) is 2.83. The molecule has 0 aromatic heterocycles. The van der Waals surface area contributed by atoms with Crippen molar-refractivity contribution < 1.29 is 29.1 Å². The van der Waals surface area contributed by atoms with Crippen molar-refractivity contribution in [3.05, 3.63) is 35.9 Å². The summed E-state index contributed by atoms with van der Waals surface area (Å²) in [7, 11) is 0. The lowest BCUT2D eigenvalue weighted by Gasteiger charge is -2.26. The molecule has 14 nitrogen and oxygen atoms in total. The molecule has 0 radical (unpaired) electrons. The second kappa shape index (κ2) is 15.8. The van der Waals surface area contributed by atoms with Crippen LogP contribution in [0.5, 0.6) is 0 Å². The Morgan fingerprint density at radius 3 is 2.03 bits per heavy atom. The number of guanidine groups is 1. The van der Waals surface area contributed by atoms with E-state index in [1.807, 2.05) is 0 Å². The van der Waals surface area contributed by atoms with Crippen LogP contribution in [0.1, 0.15) is 38.7 Å². The van der Waals surface area contributed by atoms with E-state index in [1.165, 1.54) is 0 Å². The first-order valence-electron chi connectivity index (χ1n) is 12.1. The lowest BCUT2D eigenvalue weighted by Crippen LogP contribution is -2.59. The second-order valence-electron chi connectivity index (χ2n) is 9.11. The predicted molar refractivity (Wildman–Crippen MR) is 140 cm³/mol. The molecule has 4 unspecified atom stereocenters. The van der Waals surface area contributed by atoms with Crippen LogP contribution in [-0.2, 0) is 30.4 Å². The molecular weight excluding hydrogens is 496 g/mol. The summed E-state index contributed by atoms with van der Waals surface area (Å²) in [5, 5.41) is 16.9. The van der Waals surface area contributed by atoms with Crippen molar-refractivity contribution in [3.63, 3.8) is 0 Å². The fourth-order valence-corrected chi connectivity index (χ4v) is 3.44. The Kier molecular flexibility index (Phi) is 13.2. The van der Waals surface area contributed by atoms with E-state index in [9.17, 15) is 29.1 Å². The Hall–Kier alpha value is -4.20. The molecule has 14 heteroatoms. The number of primary amides is 1. The number of nitrogens with one attached hydrogen (secondary N) is 3. The molecule has 0 aliphatic heterocycles. The minimum Gasteiger partial charge on any atom is -0.480 e. The van der Waals surface area contributed by atoms with Gasteiger partial charge in [-0.1, -0.05) is 44.2 Å². The molecule has 0 saturated carbocycles. The first kappa shape index (κ1) is 31.8. The number of carboxylic acid groups (broad SMARTS) is 1. The minimum atomic E-state index is -1.41. The zero-order valence-corrected chi connectivity index (χ0v) is 21.6. The molecule has 12 N–H and O–H groups in total. The number of amides is 4. The predicted octanol–water partition coefficient (Wildman–Crippen LogP) is -2.32. The van der Waals surface area contributed by atoms with Crippen LogP contribution in [0.2, 0.25) is 0 Å². The summed E-state index contributed by atoms with van der Waals surface area (Å²) in [4.78, 5) is 65.6. The van der Waals surface area contributed by atoms with Crippen molar-refractivity contribution in [2.75, 3.05) is 6.54 Å². The van der Waals surface area contributed by atoms with Gasteiger partial charge in [-0.05, 0) is 24.3 Å². The molecule has 0 bridgehead atoms. The molecule has 1 aromatic rings. The van der Waals surface area contributed by atoms with E-state index in [2.05, 4.69) is 20.9 Å². The van der Waals surface area contributed by atoms with Crippen LogP contribution in [0.25, 0.3) is 0 Å². The zero-order chi connectivity index (χ0) is 28.8. The van der Waals surface area contributed by atoms with Gasteiger partial charge < -0.3 is 44.0 Å². The summed E-state index contributed by atoms with van der Waals surface area (Å²) in [5.74, 6) is -4.98. The zero-order valence-electron chi connectivity index (χ0n) is 21.6.